The molecule has 2 amide bonds. The van der Waals surface area contributed by atoms with E-state index in [4.69, 9.17) is 9.47 Å². The molecule has 2 rings (SSSR count). The number of benzene rings is 2. The third-order valence-corrected chi connectivity index (χ3v) is 3.61. The number of hydrogen-bond acceptors (Lipinski definition) is 4. The van der Waals surface area contributed by atoms with Crippen molar-refractivity contribution in [3.05, 3.63) is 64.6 Å². The molecule has 24 heavy (non-hydrogen) atoms. The Bertz CT molecular complexity index is 677. The van der Waals surface area contributed by atoms with Gasteiger partial charge in [-0.25, -0.2) is 0 Å². The average Bonchev–Trinajstić information content (AvgIpc) is 2.61. The molecule has 0 unspecified atom stereocenters. The SMILES string of the molecule is CO[C@@H](C(=O)NNC(=O)COc1ccc(Br)cc1)c1ccccc1. The Balaban J connectivity index is 1.80. The van der Waals surface area contributed by atoms with Gasteiger partial charge in [-0.1, -0.05) is 46.3 Å². The largest absolute Gasteiger partial charge is 0.484 e. The van der Waals surface area contributed by atoms with Crippen LogP contribution in [0.25, 0.3) is 0 Å². The van der Waals surface area contributed by atoms with Crippen molar-refractivity contribution in [2.24, 2.45) is 0 Å². The molecule has 0 aromatic heterocycles. The summed E-state index contributed by atoms with van der Waals surface area (Å²) < 4.78 is 11.4. The topological polar surface area (TPSA) is 76.7 Å². The first-order valence-corrected chi connectivity index (χ1v) is 7.94. The second-order valence-corrected chi connectivity index (χ2v) is 5.72. The lowest BCUT2D eigenvalue weighted by Crippen LogP contribution is -2.46. The molecule has 126 valence electrons. The van der Waals surface area contributed by atoms with Crippen molar-refractivity contribution in [2.45, 2.75) is 6.10 Å². The van der Waals surface area contributed by atoms with Crippen LogP contribution in [0.4, 0.5) is 0 Å². The molecule has 0 spiro atoms. The molecule has 2 N–H and O–H groups in total. The molecule has 0 aliphatic rings. The van der Waals surface area contributed by atoms with Crippen LogP contribution in [0, 0.1) is 0 Å². The van der Waals surface area contributed by atoms with Gasteiger partial charge in [0.1, 0.15) is 5.75 Å². The average molecular weight is 393 g/mol. The first kappa shape index (κ1) is 18.0. The molecule has 0 heterocycles. The Labute approximate surface area is 148 Å². The zero-order valence-corrected chi connectivity index (χ0v) is 14.6. The standard InChI is InChI=1S/C17H17BrN2O4/c1-23-16(12-5-3-2-4-6-12)17(22)20-19-15(21)11-24-14-9-7-13(18)8-10-14/h2-10,16H,11H2,1H3,(H,19,21)(H,20,22)/t16-/m1/s1. The van der Waals surface area contributed by atoms with Gasteiger partial charge < -0.3 is 9.47 Å². The van der Waals surface area contributed by atoms with Crippen LogP contribution in [0.1, 0.15) is 11.7 Å². The number of nitrogens with one attached hydrogen (secondary N) is 2. The van der Waals surface area contributed by atoms with Gasteiger partial charge in [0.15, 0.2) is 12.7 Å². The smallest absolute Gasteiger partial charge is 0.276 e. The maximum Gasteiger partial charge on any atom is 0.276 e. The van der Waals surface area contributed by atoms with Crippen LogP contribution in [-0.4, -0.2) is 25.5 Å². The molecule has 2 aromatic carbocycles. The Kier molecular flexibility index (Phi) is 6.77. The zero-order chi connectivity index (χ0) is 17.4. The summed E-state index contributed by atoms with van der Waals surface area (Å²) in [7, 11) is 1.43. The highest BCUT2D eigenvalue weighted by molar-refractivity contribution is 9.10. The van der Waals surface area contributed by atoms with E-state index >= 15 is 0 Å². The fourth-order valence-electron chi connectivity index (χ4n) is 1.93. The van der Waals surface area contributed by atoms with Gasteiger partial charge in [0.2, 0.25) is 0 Å². The lowest BCUT2D eigenvalue weighted by molar-refractivity contribution is -0.136. The van der Waals surface area contributed by atoms with Crippen molar-refractivity contribution in [1.29, 1.82) is 0 Å². The Morgan fingerprint density at radius 3 is 2.33 bits per heavy atom. The normalized spacial score (nSPS) is 11.4. The van der Waals surface area contributed by atoms with Gasteiger partial charge in [0.05, 0.1) is 0 Å². The Morgan fingerprint density at radius 2 is 1.71 bits per heavy atom. The number of carbonyl (C=O) groups is 2. The maximum absolute atomic E-state index is 12.1. The van der Waals surface area contributed by atoms with E-state index in [-0.39, 0.29) is 6.61 Å². The predicted octanol–water partition coefficient (Wildman–Crippen LogP) is 2.36. The van der Waals surface area contributed by atoms with Gasteiger partial charge in [0, 0.05) is 11.6 Å². The van der Waals surface area contributed by atoms with Crippen LogP contribution in [0.3, 0.4) is 0 Å². The van der Waals surface area contributed by atoms with Crippen molar-refractivity contribution in [2.75, 3.05) is 13.7 Å². The summed E-state index contributed by atoms with van der Waals surface area (Å²) in [6.45, 7) is -0.217. The number of halogens is 1. The molecular formula is C17H17BrN2O4. The van der Waals surface area contributed by atoms with Gasteiger partial charge in [0.25, 0.3) is 11.8 Å². The molecule has 0 saturated carbocycles. The zero-order valence-electron chi connectivity index (χ0n) is 13.0. The molecule has 7 heteroatoms. The first-order valence-electron chi connectivity index (χ1n) is 7.15. The van der Waals surface area contributed by atoms with Gasteiger partial charge in [-0.05, 0) is 29.8 Å². The van der Waals surface area contributed by atoms with Crippen LogP contribution >= 0.6 is 15.9 Å². The molecule has 2 aromatic rings. The number of ether oxygens (including phenoxy) is 2. The summed E-state index contributed by atoms with van der Waals surface area (Å²) >= 11 is 3.31. The highest BCUT2D eigenvalue weighted by Gasteiger charge is 2.20. The molecule has 0 saturated heterocycles. The highest BCUT2D eigenvalue weighted by atomic mass is 79.9. The van der Waals surface area contributed by atoms with Crippen LogP contribution in [0.15, 0.2) is 59.1 Å². The molecule has 0 aliphatic carbocycles. The first-order chi connectivity index (χ1) is 11.6. The number of hydrogen-bond donors (Lipinski definition) is 2. The minimum atomic E-state index is -0.807. The highest BCUT2D eigenvalue weighted by Crippen LogP contribution is 2.16. The van der Waals surface area contributed by atoms with E-state index in [0.717, 1.165) is 4.47 Å². The number of methoxy groups -OCH3 is 1. The van der Waals surface area contributed by atoms with E-state index in [2.05, 4.69) is 26.8 Å². The molecule has 6 nitrogen and oxygen atoms in total. The molecule has 0 fully saturated rings. The summed E-state index contributed by atoms with van der Waals surface area (Å²) in [6, 6.07) is 16.1. The van der Waals surface area contributed by atoms with Crippen LogP contribution in [-0.2, 0) is 14.3 Å². The second kappa shape index (κ2) is 9.05. The van der Waals surface area contributed by atoms with Crippen molar-refractivity contribution in [1.82, 2.24) is 10.9 Å². The van der Waals surface area contributed by atoms with Crippen LogP contribution in [0.2, 0.25) is 0 Å². The Hall–Kier alpha value is -2.38. The summed E-state index contributed by atoms with van der Waals surface area (Å²) in [5.74, 6) is -0.395. The quantitative estimate of drug-likeness (QED) is 0.739. The van der Waals surface area contributed by atoms with E-state index in [0.29, 0.717) is 11.3 Å². The predicted molar refractivity (Wildman–Crippen MR) is 92.1 cm³/mol. The lowest BCUT2D eigenvalue weighted by Gasteiger charge is -2.16. The lowest BCUT2D eigenvalue weighted by atomic mass is 10.1. The van der Waals surface area contributed by atoms with Crippen molar-refractivity contribution >= 4 is 27.7 Å². The summed E-state index contributed by atoms with van der Waals surface area (Å²) in [5.41, 5.74) is 5.31. The minimum absolute atomic E-state index is 0.217. The number of rotatable bonds is 6. The molecule has 0 radical (unpaired) electrons. The fraction of sp³-hybridized carbons (Fsp3) is 0.176. The van der Waals surface area contributed by atoms with Gasteiger partial charge in [-0.15, -0.1) is 0 Å². The fourth-order valence-corrected chi connectivity index (χ4v) is 2.20. The third kappa shape index (κ3) is 5.36. The van der Waals surface area contributed by atoms with E-state index in [1.807, 2.05) is 6.07 Å². The minimum Gasteiger partial charge on any atom is -0.484 e. The van der Waals surface area contributed by atoms with Crippen molar-refractivity contribution in [3.63, 3.8) is 0 Å². The molecule has 0 aliphatic heterocycles. The molecule has 0 bridgehead atoms. The van der Waals surface area contributed by atoms with E-state index in [1.165, 1.54) is 7.11 Å². The summed E-state index contributed by atoms with van der Waals surface area (Å²) in [6.07, 6.45) is -0.807. The Morgan fingerprint density at radius 1 is 1.04 bits per heavy atom. The van der Waals surface area contributed by atoms with E-state index < -0.39 is 17.9 Å². The van der Waals surface area contributed by atoms with E-state index in [1.54, 1.807) is 48.5 Å². The van der Waals surface area contributed by atoms with Gasteiger partial charge in [-0.2, -0.15) is 0 Å². The number of carbonyl (C=O) groups excluding carboxylic acids is 2. The monoisotopic (exact) mass is 392 g/mol. The van der Waals surface area contributed by atoms with Crippen molar-refractivity contribution < 1.29 is 19.1 Å². The second-order valence-electron chi connectivity index (χ2n) is 4.81. The van der Waals surface area contributed by atoms with Gasteiger partial charge in [-0.3, -0.25) is 20.4 Å². The van der Waals surface area contributed by atoms with Crippen LogP contribution in [0.5, 0.6) is 5.75 Å². The number of amides is 2. The summed E-state index contributed by atoms with van der Waals surface area (Å²) in [5, 5.41) is 0. The van der Waals surface area contributed by atoms with E-state index in [9.17, 15) is 9.59 Å². The number of hydrazine groups is 1. The molecule has 1 atom stereocenters. The maximum atomic E-state index is 12.1. The van der Waals surface area contributed by atoms with Crippen LogP contribution < -0.4 is 15.6 Å². The third-order valence-electron chi connectivity index (χ3n) is 3.08. The van der Waals surface area contributed by atoms with Gasteiger partial charge >= 0.3 is 0 Å². The molecular weight excluding hydrogens is 376 g/mol. The van der Waals surface area contributed by atoms with Crippen molar-refractivity contribution in [3.8, 4) is 5.75 Å². The summed E-state index contributed by atoms with van der Waals surface area (Å²) in [4.78, 5) is 23.8.